The molecular weight excluding hydrogens is 580 g/mol. The van der Waals surface area contributed by atoms with Crippen molar-refractivity contribution in [3.8, 4) is 17.2 Å². The van der Waals surface area contributed by atoms with Gasteiger partial charge in [-0.3, -0.25) is 14.5 Å². The van der Waals surface area contributed by atoms with Crippen molar-refractivity contribution in [1.82, 2.24) is 4.98 Å². The second kappa shape index (κ2) is 13.6. The molecule has 1 amide bonds. The largest absolute Gasteiger partial charge is 0.507 e. The fraction of sp³-hybridized carbons (Fsp3) is 0.235. The molecule has 5 rings (SSSR count). The normalized spacial score (nSPS) is 15.8. The van der Waals surface area contributed by atoms with E-state index in [0.717, 1.165) is 24.2 Å². The third-order valence-corrected chi connectivity index (χ3v) is 8.08. The van der Waals surface area contributed by atoms with Gasteiger partial charge in [0.25, 0.3) is 5.78 Å². The zero-order valence-corrected chi connectivity index (χ0v) is 25.4. The van der Waals surface area contributed by atoms with Gasteiger partial charge in [-0.2, -0.15) is 0 Å². The second-order valence-corrected chi connectivity index (χ2v) is 11.0. The van der Waals surface area contributed by atoms with Crippen molar-refractivity contribution in [2.24, 2.45) is 0 Å². The van der Waals surface area contributed by atoms with Crippen molar-refractivity contribution in [3.63, 3.8) is 0 Å². The third kappa shape index (κ3) is 6.35. The maximum Gasteiger partial charge on any atom is 0.350 e. The molecule has 1 N–H and O–H groups in total. The monoisotopic (exact) mass is 612 g/mol. The summed E-state index contributed by atoms with van der Waals surface area (Å²) in [6, 6.07) is 21.8. The molecule has 1 aromatic heterocycles. The number of aromatic nitrogens is 1. The Morgan fingerprint density at radius 3 is 2.39 bits per heavy atom. The molecule has 1 unspecified atom stereocenters. The zero-order chi connectivity index (χ0) is 31.2. The fourth-order valence-corrected chi connectivity index (χ4v) is 5.78. The number of amides is 1. The van der Waals surface area contributed by atoms with Crippen molar-refractivity contribution >= 4 is 39.9 Å². The molecule has 1 saturated heterocycles. The molecule has 0 saturated carbocycles. The predicted octanol–water partition coefficient (Wildman–Crippen LogP) is 7.23. The van der Waals surface area contributed by atoms with Crippen LogP contribution >= 0.6 is 11.3 Å². The lowest BCUT2D eigenvalue weighted by atomic mass is 9.95. The number of rotatable bonds is 11. The molecule has 4 aromatic rings. The number of nitrogens with zero attached hydrogens (tertiary/aromatic N) is 2. The molecule has 1 atom stereocenters. The third-order valence-electron chi connectivity index (χ3n) is 6.94. The molecule has 3 aromatic carbocycles. The van der Waals surface area contributed by atoms with Crippen LogP contribution in [0, 0.1) is 6.92 Å². The molecule has 0 spiro atoms. The summed E-state index contributed by atoms with van der Waals surface area (Å²) in [5.41, 5.74) is 1.10. The molecule has 0 radical (unpaired) electrons. The smallest absolute Gasteiger partial charge is 0.350 e. The van der Waals surface area contributed by atoms with Crippen LogP contribution in [0.15, 0.2) is 84.4 Å². The topological polar surface area (TPSA) is 115 Å². The minimum absolute atomic E-state index is 0.114. The van der Waals surface area contributed by atoms with E-state index in [9.17, 15) is 19.5 Å². The lowest BCUT2D eigenvalue weighted by molar-refractivity contribution is -0.132. The molecule has 226 valence electrons. The summed E-state index contributed by atoms with van der Waals surface area (Å²) in [7, 11) is 0. The van der Waals surface area contributed by atoms with Crippen LogP contribution in [-0.2, 0) is 14.3 Å². The van der Waals surface area contributed by atoms with Gasteiger partial charge in [-0.15, -0.1) is 0 Å². The lowest BCUT2D eigenvalue weighted by Gasteiger charge is -2.23. The molecule has 9 nitrogen and oxygen atoms in total. The molecule has 44 heavy (non-hydrogen) atoms. The molecule has 0 bridgehead atoms. The number of hydrogen-bond acceptors (Lipinski definition) is 9. The second-order valence-electron chi connectivity index (χ2n) is 10.0. The maximum atomic E-state index is 13.7. The minimum atomic E-state index is -1.06. The summed E-state index contributed by atoms with van der Waals surface area (Å²) < 4.78 is 16.9. The molecular formula is C34H32N2O7S. The standard InChI is InChI=1S/C34H32N2O7S/c1-4-6-19-42-24-17-15-22(16-18-24)29(37)27-28(23-11-10-14-26(20-23)43-25-12-8-7-9-13-25)36(32(39)30(27)38)34-35-21(3)31(44-34)33(40)41-5-2/h7-18,20,28,37H,4-6,19H2,1-3H3/b29-27+. The van der Waals surface area contributed by atoms with Gasteiger partial charge in [0.2, 0.25) is 0 Å². The highest BCUT2D eigenvalue weighted by atomic mass is 32.1. The van der Waals surface area contributed by atoms with Crippen molar-refractivity contribution in [2.75, 3.05) is 18.1 Å². The number of esters is 1. The van der Waals surface area contributed by atoms with E-state index in [4.69, 9.17) is 14.2 Å². The summed E-state index contributed by atoms with van der Waals surface area (Å²) in [4.78, 5) is 45.8. The number of aliphatic hydroxyl groups excluding tert-OH is 1. The average molecular weight is 613 g/mol. The van der Waals surface area contributed by atoms with Crippen molar-refractivity contribution < 1.29 is 33.7 Å². The van der Waals surface area contributed by atoms with E-state index in [-0.39, 0.29) is 27.9 Å². The van der Waals surface area contributed by atoms with Gasteiger partial charge in [0.15, 0.2) is 5.13 Å². The van der Waals surface area contributed by atoms with Crippen LogP contribution in [0.4, 0.5) is 5.13 Å². The number of hydrogen-bond donors (Lipinski definition) is 1. The fourth-order valence-electron chi connectivity index (χ4n) is 4.79. The van der Waals surface area contributed by atoms with Gasteiger partial charge >= 0.3 is 11.9 Å². The number of Topliss-reactive ketones (excluding diaryl/α,β-unsaturated/α-hetero) is 1. The number of carbonyl (C=O) groups excluding carboxylic acids is 3. The summed E-state index contributed by atoms with van der Waals surface area (Å²) in [5, 5.41) is 11.7. The highest BCUT2D eigenvalue weighted by Gasteiger charge is 2.48. The van der Waals surface area contributed by atoms with Gasteiger partial charge in [-0.25, -0.2) is 9.78 Å². The Bertz CT molecular complexity index is 1700. The Kier molecular flexibility index (Phi) is 9.40. The Morgan fingerprint density at radius 2 is 1.68 bits per heavy atom. The number of aliphatic hydroxyl groups is 1. The van der Waals surface area contributed by atoms with Crippen molar-refractivity contribution in [3.05, 3.63) is 106 Å². The first-order chi connectivity index (χ1) is 21.3. The van der Waals surface area contributed by atoms with Crippen LogP contribution in [0.25, 0.3) is 5.76 Å². The van der Waals surface area contributed by atoms with E-state index in [1.807, 2.05) is 30.3 Å². The summed E-state index contributed by atoms with van der Waals surface area (Å²) in [6.45, 7) is 6.14. The summed E-state index contributed by atoms with van der Waals surface area (Å²) in [5.74, 6) is -0.969. The SMILES string of the molecule is CCCCOc1ccc(/C(O)=C2\C(=O)C(=O)N(c3nc(C)c(C(=O)OCC)s3)C2c2cccc(Oc3ccccc3)c2)cc1. The number of ether oxygens (including phenoxy) is 3. The number of aryl methyl sites for hydroxylation is 1. The van der Waals surface area contributed by atoms with Crippen LogP contribution < -0.4 is 14.4 Å². The number of unbranched alkanes of at least 4 members (excludes halogenated alkanes) is 1. The number of benzene rings is 3. The Hall–Kier alpha value is -4.96. The minimum Gasteiger partial charge on any atom is -0.507 e. The van der Waals surface area contributed by atoms with E-state index in [1.54, 1.807) is 62.4 Å². The summed E-state index contributed by atoms with van der Waals surface area (Å²) >= 11 is 0.952. The lowest BCUT2D eigenvalue weighted by Crippen LogP contribution is -2.29. The van der Waals surface area contributed by atoms with Crippen LogP contribution in [0.5, 0.6) is 17.2 Å². The van der Waals surface area contributed by atoms with E-state index in [1.165, 1.54) is 4.90 Å². The maximum absolute atomic E-state index is 13.7. The molecule has 0 aliphatic carbocycles. The van der Waals surface area contributed by atoms with Crippen LogP contribution in [-0.4, -0.2) is 41.0 Å². The molecule has 1 aliphatic rings. The quantitative estimate of drug-likeness (QED) is 0.0620. The van der Waals surface area contributed by atoms with Crippen molar-refractivity contribution in [2.45, 2.75) is 39.7 Å². The Morgan fingerprint density at radius 1 is 0.955 bits per heavy atom. The number of para-hydroxylation sites is 1. The van der Waals surface area contributed by atoms with Gasteiger partial charge in [-0.05, 0) is 74.4 Å². The first kappa shape index (κ1) is 30.5. The zero-order valence-electron chi connectivity index (χ0n) is 24.6. The van der Waals surface area contributed by atoms with E-state index in [0.29, 0.717) is 40.7 Å². The van der Waals surface area contributed by atoms with E-state index in [2.05, 4.69) is 11.9 Å². The Labute approximate surface area is 259 Å². The first-order valence-electron chi connectivity index (χ1n) is 14.3. The Balaban J connectivity index is 1.60. The van der Waals surface area contributed by atoms with Gasteiger partial charge in [0.05, 0.1) is 30.5 Å². The van der Waals surface area contributed by atoms with Gasteiger partial charge in [-0.1, -0.05) is 55.0 Å². The van der Waals surface area contributed by atoms with Crippen molar-refractivity contribution in [1.29, 1.82) is 0 Å². The number of ketones is 1. The molecule has 2 heterocycles. The average Bonchev–Trinajstić information content (AvgIpc) is 3.54. The van der Waals surface area contributed by atoms with E-state index >= 15 is 0 Å². The highest BCUT2D eigenvalue weighted by Crippen LogP contribution is 2.44. The molecule has 1 aliphatic heterocycles. The highest BCUT2D eigenvalue weighted by molar-refractivity contribution is 7.17. The van der Waals surface area contributed by atoms with Crippen LogP contribution in [0.3, 0.4) is 0 Å². The predicted molar refractivity (Wildman–Crippen MR) is 167 cm³/mol. The van der Waals surface area contributed by atoms with Crippen LogP contribution in [0.1, 0.15) is 59.2 Å². The number of thiazole rings is 1. The number of carbonyl (C=O) groups is 3. The molecule has 1 fully saturated rings. The first-order valence-corrected chi connectivity index (χ1v) is 15.2. The van der Waals surface area contributed by atoms with Gasteiger partial charge in [0, 0.05) is 5.56 Å². The van der Waals surface area contributed by atoms with Gasteiger partial charge in [0.1, 0.15) is 27.9 Å². The van der Waals surface area contributed by atoms with Gasteiger partial charge < -0.3 is 19.3 Å². The molecule has 10 heteroatoms. The number of anilines is 1. The van der Waals surface area contributed by atoms with Crippen LogP contribution in [0.2, 0.25) is 0 Å². The summed E-state index contributed by atoms with van der Waals surface area (Å²) in [6.07, 6.45) is 1.91. The van der Waals surface area contributed by atoms with E-state index < -0.39 is 23.7 Å².